The van der Waals surface area contributed by atoms with Crippen LogP contribution in [0.5, 0.6) is 0 Å². The molecule has 0 aliphatic carbocycles. The average molecular weight is 425 g/mol. The first-order valence-electron chi connectivity index (χ1n) is 12.1. The van der Waals surface area contributed by atoms with Crippen LogP contribution in [0.3, 0.4) is 0 Å². The lowest BCUT2D eigenvalue weighted by Crippen LogP contribution is -2.24. The number of aliphatic hydroxyl groups is 2. The van der Waals surface area contributed by atoms with E-state index in [1.54, 1.807) is 0 Å². The largest absolute Gasteiger partial charge is 0.396 e. The molecule has 2 rings (SSSR count). The third kappa shape index (κ3) is 7.19. The van der Waals surface area contributed by atoms with Crippen molar-refractivity contribution in [2.45, 2.75) is 96.3 Å². The van der Waals surface area contributed by atoms with E-state index >= 15 is 0 Å². The monoisotopic (exact) mass is 424 g/mol. The normalized spacial score (nSPS) is 13.4. The molecule has 0 fully saturated rings. The minimum atomic E-state index is -0.129. The molecule has 1 unspecified atom stereocenters. The van der Waals surface area contributed by atoms with Crippen LogP contribution in [0.15, 0.2) is 48.5 Å². The average Bonchev–Trinajstić information content (AvgIpc) is 2.75. The van der Waals surface area contributed by atoms with Gasteiger partial charge in [0.25, 0.3) is 0 Å². The van der Waals surface area contributed by atoms with Gasteiger partial charge in [0, 0.05) is 24.5 Å². The Kier molecular flexibility index (Phi) is 9.78. The van der Waals surface area contributed by atoms with Gasteiger partial charge in [-0.2, -0.15) is 0 Å². The van der Waals surface area contributed by atoms with Gasteiger partial charge in [-0.1, -0.05) is 115 Å². The molecule has 2 aromatic rings. The fourth-order valence-electron chi connectivity index (χ4n) is 4.49. The first-order valence-corrected chi connectivity index (χ1v) is 12.1. The number of aliphatic hydroxyl groups excluding tert-OH is 2. The summed E-state index contributed by atoms with van der Waals surface area (Å²) in [5.74, 6) is 0.171. The highest BCUT2D eigenvalue weighted by molar-refractivity contribution is 5.47. The van der Waals surface area contributed by atoms with Gasteiger partial charge >= 0.3 is 0 Å². The van der Waals surface area contributed by atoms with Crippen LogP contribution in [-0.4, -0.2) is 23.4 Å². The fourth-order valence-corrected chi connectivity index (χ4v) is 4.49. The van der Waals surface area contributed by atoms with Crippen molar-refractivity contribution in [1.29, 1.82) is 0 Å². The summed E-state index contributed by atoms with van der Waals surface area (Å²) < 4.78 is 0. The van der Waals surface area contributed by atoms with Crippen LogP contribution in [0.25, 0.3) is 0 Å². The fraction of sp³-hybridized carbons (Fsp3) is 0.586. The summed E-state index contributed by atoms with van der Waals surface area (Å²) in [5.41, 5.74) is 5.25. The lowest BCUT2D eigenvalue weighted by molar-refractivity contribution is 0.255. The molecule has 2 heteroatoms. The molecule has 1 atom stereocenters. The predicted octanol–water partition coefficient (Wildman–Crippen LogP) is 7.11. The van der Waals surface area contributed by atoms with Crippen molar-refractivity contribution in [3.8, 4) is 0 Å². The second kappa shape index (κ2) is 11.8. The van der Waals surface area contributed by atoms with Gasteiger partial charge in [0.1, 0.15) is 0 Å². The Morgan fingerprint density at radius 2 is 1.32 bits per heavy atom. The van der Waals surface area contributed by atoms with E-state index in [-0.39, 0.29) is 23.4 Å². The van der Waals surface area contributed by atoms with Crippen LogP contribution >= 0.6 is 0 Å². The number of hydrogen-bond donors (Lipinski definition) is 2. The molecule has 0 saturated heterocycles. The van der Waals surface area contributed by atoms with Crippen LogP contribution in [0.4, 0.5) is 0 Å². The molecular weight excluding hydrogens is 380 g/mol. The molecule has 0 aliphatic heterocycles. The van der Waals surface area contributed by atoms with E-state index in [4.69, 9.17) is 5.11 Å². The van der Waals surface area contributed by atoms with Crippen molar-refractivity contribution < 1.29 is 10.2 Å². The van der Waals surface area contributed by atoms with Gasteiger partial charge in [-0.25, -0.2) is 0 Å². The maximum atomic E-state index is 10.3. The zero-order chi connectivity index (χ0) is 22.9. The Hall–Kier alpha value is -1.64. The third-order valence-corrected chi connectivity index (χ3v) is 6.71. The van der Waals surface area contributed by atoms with Gasteiger partial charge in [-0.15, -0.1) is 0 Å². The van der Waals surface area contributed by atoms with E-state index in [0.29, 0.717) is 6.61 Å². The molecule has 2 aromatic carbocycles. The van der Waals surface area contributed by atoms with E-state index in [2.05, 4.69) is 83.1 Å². The van der Waals surface area contributed by atoms with Crippen molar-refractivity contribution in [1.82, 2.24) is 0 Å². The van der Waals surface area contributed by atoms with Crippen LogP contribution < -0.4 is 0 Å². The molecular formula is C29H44O2. The topological polar surface area (TPSA) is 40.5 Å². The van der Waals surface area contributed by atoms with Gasteiger partial charge in [0.15, 0.2) is 0 Å². The summed E-state index contributed by atoms with van der Waals surface area (Å²) in [5, 5.41) is 19.2. The first-order chi connectivity index (χ1) is 14.7. The van der Waals surface area contributed by atoms with E-state index in [1.165, 1.54) is 41.5 Å². The molecule has 0 spiro atoms. The number of benzene rings is 2. The Bertz CT molecular complexity index is 771. The zero-order valence-electron chi connectivity index (χ0n) is 20.5. The van der Waals surface area contributed by atoms with Crippen molar-refractivity contribution >= 4 is 0 Å². The Morgan fingerprint density at radius 3 is 1.90 bits per heavy atom. The molecule has 0 heterocycles. The smallest absolute Gasteiger partial charge is 0.0499 e. The highest BCUT2D eigenvalue weighted by Crippen LogP contribution is 2.40. The second-order valence-corrected chi connectivity index (χ2v) is 10.6. The lowest BCUT2D eigenvalue weighted by Gasteiger charge is -2.33. The van der Waals surface area contributed by atoms with E-state index in [9.17, 15) is 5.11 Å². The van der Waals surface area contributed by atoms with Gasteiger partial charge in [0.2, 0.25) is 0 Å². The summed E-state index contributed by atoms with van der Waals surface area (Å²) in [6.45, 7) is 11.9. The van der Waals surface area contributed by atoms with E-state index in [1.807, 2.05) is 0 Å². The number of rotatable bonds is 12. The van der Waals surface area contributed by atoms with Crippen LogP contribution in [-0.2, 0) is 10.8 Å². The first kappa shape index (κ1) is 25.6. The molecule has 0 bridgehead atoms. The van der Waals surface area contributed by atoms with E-state index in [0.717, 1.165) is 25.7 Å². The molecule has 0 aromatic heterocycles. The third-order valence-electron chi connectivity index (χ3n) is 6.71. The Morgan fingerprint density at radius 1 is 0.710 bits per heavy atom. The van der Waals surface area contributed by atoms with Crippen LogP contribution in [0, 0.1) is 0 Å². The summed E-state index contributed by atoms with van der Waals surface area (Å²) in [4.78, 5) is 0. The second-order valence-electron chi connectivity index (χ2n) is 10.6. The summed E-state index contributed by atoms with van der Waals surface area (Å²) in [7, 11) is 0. The Balaban J connectivity index is 2.28. The maximum Gasteiger partial charge on any atom is 0.0499 e. The molecule has 0 amide bonds. The number of hydrogen-bond acceptors (Lipinski definition) is 2. The highest BCUT2D eigenvalue weighted by atomic mass is 16.3. The van der Waals surface area contributed by atoms with Crippen LogP contribution in [0.1, 0.15) is 108 Å². The van der Waals surface area contributed by atoms with Gasteiger partial charge < -0.3 is 10.2 Å². The zero-order valence-corrected chi connectivity index (χ0v) is 20.5. The summed E-state index contributed by atoms with van der Waals surface area (Å²) >= 11 is 0. The van der Waals surface area contributed by atoms with Crippen molar-refractivity contribution in [2.24, 2.45) is 0 Å². The predicted molar refractivity (Wildman–Crippen MR) is 133 cm³/mol. The molecule has 0 aliphatic rings. The number of unbranched alkanes of at least 4 members (excludes halogenated alkanes) is 5. The SMILES string of the molecule is CC(C)(C)c1ccc(C(CO)CCCCCCCCO)c(C(C)(C)c2ccccc2)c1. The van der Waals surface area contributed by atoms with Crippen molar-refractivity contribution in [3.05, 3.63) is 70.8 Å². The minimum absolute atomic E-state index is 0.0866. The van der Waals surface area contributed by atoms with Crippen LogP contribution in [0.2, 0.25) is 0 Å². The molecule has 0 saturated carbocycles. The molecule has 31 heavy (non-hydrogen) atoms. The maximum absolute atomic E-state index is 10.3. The van der Waals surface area contributed by atoms with Crippen molar-refractivity contribution in [2.75, 3.05) is 13.2 Å². The summed E-state index contributed by atoms with van der Waals surface area (Å²) in [6, 6.07) is 17.7. The summed E-state index contributed by atoms with van der Waals surface area (Å²) in [6.07, 6.45) is 7.78. The van der Waals surface area contributed by atoms with Gasteiger partial charge in [-0.05, 0) is 40.5 Å². The molecule has 172 valence electrons. The lowest BCUT2D eigenvalue weighted by atomic mass is 9.71. The van der Waals surface area contributed by atoms with Gasteiger partial charge in [0.05, 0.1) is 0 Å². The van der Waals surface area contributed by atoms with Gasteiger partial charge in [-0.3, -0.25) is 0 Å². The van der Waals surface area contributed by atoms with E-state index < -0.39 is 0 Å². The molecule has 2 nitrogen and oxygen atoms in total. The van der Waals surface area contributed by atoms with Crippen molar-refractivity contribution in [3.63, 3.8) is 0 Å². The highest BCUT2D eigenvalue weighted by Gasteiger charge is 2.30. The molecule has 2 N–H and O–H groups in total. The minimum Gasteiger partial charge on any atom is -0.396 e. The standard InChI is InChI=1S/C29H44O2/c1-28(2,3)25-18-19-26(23(22-31)15-11-8-6-7-9-14-20-30)27(21-25)29(4,5)24-16-12-10-13-17-24/h10,12-13,16-19,21,23,30-31H,6-9,11,14-15,20,22H2,1-5H3. The quantitative estimate of drug-likeness (QED) is 0.356. The Labute approximate surface area is 190 Å². The molecule has 0 radical (unpaired) electrons.